The average Bonchev–Trinajstić information content (AvgIpc) is 2.59. The van der Waals surface area contributed by atoms with E-state index in [1.807, 2.05) is 18.2 Å². The van der Waals surface area contributed by atoms with Gasteiger partial charge in [0.15, 0.2) is 5.69 Å². The number of fused-ring (bicyclic) bond motifs is 1. The standard InChI is InChI=1S/C17H16N4OS/c1-21(2)17(22)14-8-9-15(20-19-14)23-11-13-6-3-5-12-7-4-10-18-16(12)13/h3-10H,11H2,1-2H3. The van der Waals surface area contributed by atoms with Gasteiger partial charge in [-0.3, -0.25) is 9.78 Å². The third-order valence-electron chi connectivity index (χ3n) is 3.36. The molecule has 0 aliphatic rings. The molecule has 0 aliphatic heterocycles. The number of hydrogen-bond acceptors (Lipinski definition) is 5. The van der Waals surface area contributed by atoms with Gasteiger partial charge in [0.1, 0.15) is 5.03 Å². The van der Waals surface area contributed by atoms with Crippen molar-refractivity contribution in [3.63, 3.8) is 0 Å². The summed E-state index contributed by atoms with van der Waals surface area (Å²) in [5, 5.41) is 10.0. The smallest absolute Gasteiger partial charge is 0.273 e. The maximum absolute atomic E-state index is 11.8. The Bertz CT molecular complexity index is 828. The van der Waals surface area contributed by atoms with Gasteiger partial charge >= 0.3 is 0 Å². The lowest BCUT2D eigenvalue weighted by atomic mass is 10.1. The maximum atomic E-state index is 11.8. The van der Waals surface area contributed by atoms with Crippen LogP contribution in [0.1, 0.15) is 16.1 Å². The Morgan fingerprint density at radius 3 is 2.65 bits per heavy atom. The summed E-state index contributed by atoms with van der Waals surface area (Å²) in [4.78, 5) is 17.7. The number of benzene rings is 1. The number of amides is 1. The maximum Gasteiger partial charge on any atom is 0.273 e. The number of carbonyl (C=O) groups excluding carboxylic acids is 1. The Labute approximate surface area is 138 Å². The Balaban J connectivity index is 1.74. The molecular formula is C17H16N4OS. The zero-order chi connectivity index (χ0) is 16.2. The summed E-state index contributed by atoms with van der Waals surface area (Å²) < 4.78 is 0. The first-order valence-electron chi connectivity index (χ1n) is 7.16. The number of carbonyl (C=O) groups is 1. The van der Waals surface area contributed by atoms with E-state index in [2.05, 4.69) is 33.4 Å². The molecule has 1 amide bonds. The molecule has 0 bridgehead atoms. The van der Waals surface area contributed by atoms with Gasteiger partial charge in [0, 0.05) is 31.4 Å². The molecule has 2 heterocycles. The topological polar surface area (TPSA) is 59.0 Å². The Hall–Kier alpha value is -2.47. The van der Waals surface area contributed by atoms with Gasteiger partial charge in [-0.2, -0.15) is 0 Å². The summed E-state index contributed by atoms with van der Waals surface area (Å²) >= 11 is 1.58. The molecule has 116 valence electrons. The van der Waals surface area contributed by atoms with Crippen molar-refractivity contribution in [3.8, 4) is 0 Å². The van der Waals surface area contributed by atoms with Crippen LogP contribution >= 0.6 is 11.8 Å². The summed E-state index contributed by atoms with van der Waals surface area (Å²) in [6, 6.07) is 13.7. The fraction of sp³-hybridized carbons (Fsp3) is 0.176. The molecule has 3 rings (SSSR count). The number of thioether (sulfide) groups is 1. The molecule has 0 atom stereocenters. The Kier molecular flexibility index (Phi) is 4.52. The van der Waals surface area contributed by atoms with Gasteiger partial charge in [-0.15, -0.1) is 10.2 Å². The van der Waals surface area contributed by atoms with E-state index in [-0.39, 0.29) is 5.91 Å². The van der Waals surface area contributed by atoms with E-state index in [1.54, 1.807) is 38.1 Å². The lowest BCUT2D eigenvalue weighted by Crippen LogP contribution is -2.23. The van der Waals surface area contributed by atoms with Crippen molar-refractivity contribution >= 4 is 28.6 Å². The Morgan fingerprint density at radius 2 is 1.91 bits per heavy atom. The molecule has 0 saturated carbocycles. The number of pyridine rings is 1. The molecule has 0 fully saturated rings. The highest BCUT2D eigenvalue weighted by Crippen LogP contribution is 2.24. The largest absolute Gasteiger partial charge is 0.343 e. The molecule has 5 nitrogen and oxygen atoms in total. The second kappa shape index (κ2) is 6.75. The first kappa shape index (κ1) is 15.4. The van der Waals surface area contributed by atoms with Crippen molar-refractivity contribution in [2.24, 2.45) is 0 Å². The Morgan fingerprint density at radius 1 is 1.09 bits per heavy atom. The lowest BCUT2D eigenvalue weighted by Gasteiger charge is -2.09. The summed E-state index contributed by atoms with van der Waals surface area (Å²) in [5.74, 6) is 0.608. The zero-order valence-electron chi connectivity index (χ0n) is 12.9. The average molecular weight is 324 g/mol. The van der Waals surface area contributed by atoms with Crippen LogP contribution in [0.4, 0.5) is 0 Å². The first-order valence-corrected chi connectivity index (χ1v) is 8.14. The molecule has 0 spiro atoms. The van der Waals surface area contributed by atoms with Gasteiger partial charge in [-0.05, 0) is 23.8 Å². The normalized spacial score (nSPS) is 10.7. The van der Waals surface area contributed by atoms with Crippen LogP contribution in [0.15, 0.2) is 53.7 Å². The minimum absolute atomic E-state index is 0.146. The molecule has 0 unspecified atom stereocenters. The molecule has 3 aromatic rings. The highest BCUT2D eigenvalue weighted by Gasteiger charge is 2.10. The van der Waals surface area contributed by atoms with Crippen LogP contribution in [-0.2, 0) is 5.75 Å². The fourth-order valence-electron chi connectivity index (χ4n) is 2.18. The minimum atomic E-state index is -0.146. The van der Waals surface area contributed by atoms with Gasteiger partial charge in [0.05, 0.1) is 5.52 Å². The van der Waals surface area contributed by atoms with E-state index < -0.39 is 0 Å². The number of hydrogen-bond donors (Lipinski definition) is 0. The summed E-state index contributed by atoms with van der Waals surface area (Å²) in [6.07, 6.45) is 1.80. The molecule has 0 radical (unpaired) electrons. The number of para-hydroxylation sites is 1. The van der Waals surface area contributed by atoms with Gasteiger partial charge in [0.25, 0.3) is 5.91 Å². The van der Waals surface area contributed by atoms with E-state index >= 15 is 0 Å². The zero-order valence-corrected chi connectivity index (χ0v) is 13.7. The van der Waals surface area contributed by atoms with Gasteiger partial charge in [0.2, 0.25) is 0 Å². The predicted molar refractivity (Wildman–Crippen MR) is 91.4 cm³/mol. The van der Waals surface area contributed by atoms with Gasteiger partial charge < -0.3 is 4.90 Å². The van der Waals surface area contributed by atoms with Crippen LogP contribution in [0.3, 0.4) is 0 Å². The molecule has 2 aromatic heterocycles. The molecule has 23 heavy (non-hydrogen) atoms. The second-order valence-electron chi connectivity index (χ2n) is 5.24. The molecular weight excluding hydrogens is 308 g/mol. The quantitative estimate of drug-likeness (QED) is 0.690. The molecule has 6 heteroatoms. The number of aromatic nitrogens is 3. The molecule has 0 N–H and O–H groups in total. The van der Waals surface area contributed by atoms with E-state index in [4.69, 9.17) is 0 Å². The number of rotatable bonds is 4. The SMILES string of the molecule is CN(C)C(=O)c1ccc(SCc2cccc3cccnc23)nn1. The third-order valence-corrected chi connectivity index (χ3v) is 4.33. The van der Waals surface area contributed by atoms with Crippen molar-refractivity contribution in [1.29, 1.82) is 0 Å². The summed E-state index contributed by atoms with van der Waals surface area (Å²) in [6.45, 7) is 0. The van der Waals surface area contributed by atoms with Crippen molar-refractivity contribution in [1.82, 2.24) is 20.1 Å². The van der Waals surface area contributed by atoms with Crippen LogP contribution in [0.2, 0.25) is 0 Å². The van der Waals surface area contributed by atoms with Crippen LogP contribution in [-0.4, -0.2) is 40.1 Å². The first-order chi connectivity index (χ1) is 11.1. The van der Waals surface area contributed by atoms with E-state index in [1.165, 1.54) is 4.90 Å². The molecule has 0 aliphatic carbocycles. The van der Waals surface area contributed by atoms with Crippen LogP contribution in [0, 0.1) is 0 Å². The highest BCUT2D eigenvalue weighted by atomic mass is 32.2. The monoisotopic (exact) mass is 324 g/mol. The van der Waals surface area contributed by atoms with Crippen LogP contribution in [0.5, 0.6) is 0 Å². The predicted octanol–water partition coefficient (Wildman–Crippen LogP) is 3.02. The van der Waals surface area contributed by atoms with Gasteiger partial charge in [-0.1, -0.05) is 36.0 Å². The van der Waals surface area contributed by atoms with Crippen LogP contribution in [0.25, 0.3) is 10.9 Å². The van der Waals surface area contributed by atoms with Crippen LogP contribution < -0.4 is 0 Å². The van der Waals surface area contributed by atoms with Crippen molar-refractivity contribution in [2.75, 3.05) is 14.1 Å². The van der Waals surface area contributed by atoms with Crippen molar-refractivity contribution in [3.05, 3.63) is 59.9 Å². The summed E-state index contributed by atoms with van der Waals surface area (Å²) in [7, 11) is 3.39. The van der Waals surface area contributed by atoms with Crippen molar-refractivity contribution < 1.29 is 4.79 Å². The second-order valence-corrected chi connectivity index (χ2v) is 6.23. The van der Waals surface area contributed by atoms with Gasteiger partial charge in [-0.25, -0.2) is 0 Å². The van der Waals surface area contributed by atoms with E-state index in [9.17, 15) is 4.79 Å². The molecule has 1 aromatic carbocycles. The number of nitrogens with zero attached hydrogens (tertiary/aromatic N) is 4. The third kappa shape index (κ3) is 3.48. The summed E-state index contributed by atoms with van der Waals surface area (Å²) in [5.41, 5.74) is 2.52. The van der Waals surface area contributed by atoms with E-state index in [0.717, 1.165) is 27.2 Å². The lowest BCUT2D eigenvalue weighted by molar-refractivity contribution is 0.0820. The van der Waals surface area contributed by atoms with Crippen molar-refractivity contribution in [2.45, 2.75) is 10.8 Å². The minimum Gasteiger partial charge on any atom is -0.343 e. The highest BCUT2D eigenvalue weighted by molar-refractivity contribution is 7.98. The fourth-order valence-corrected chi connectivity index (χ4v) is 2.97. The molecule has 0 saturated heterocycles. The van der Waals surface area contributed by atoms with E-state index in [0.29, 0.717) is 5.69 Å².